The van der Waals surface area contributed by atoms with Crippen LogP contribution in [0.4, 0.5) is 11.4 Å². The Hall–Kier alpha value is -1.67. The number of hydrazine groups is 1. The van der Waals surface area contributed by atoms with Gasteiger partial charge in [-0.05, 0) is 43.3 Å². The lowest BCUT2D eigenvalue weighted by atomic mass is 10.2. The minimum absolute atomic E-state index is 0.737. The van der Waals surface area contributed by atoms with Gasteiger partial charge in [-0.25, -0.2) is 0 Å². The number of hydrogen-bond donors (Lipinski definition) is 2. The van der Waals surface area contributed by atoms with Gasteiger partial charge in [0.1, 0.15) is 0 Å². The second-order valence-electron chi connectivity index (χ2n) is 3.62. The molecular formula is C13H13ClN2. The maximum atomic E-state index is 5.80. The monoisotopic (exact) mass is 232 g/mol. The minimum atomic E-state index is 0.737. The second-order valence-corrected chi connectivity index (χ2v) is 4.06. The van der Waals surface area contributed by atoms with E-state index in [4.69, 9.17) is 11.6 Å². The molecule has 0 amide bonds. The number of hydrogen-bond acceptors (Lipinski definition) is 2. The summed E-state index contributed by atoms with van der Waals surface area (Å²) in [5.74, 6) is 0. The van der Waals surface area contributed by atoms with Crippen LogP contribution in [0.2, 0.25) is 5.02 Å². The van der Waals surface area contributed by atoms with Gasteiger partial charge in [0.2, 0.25) is 0 Å². The molecule has 0 saturated heterocycles. The van der Waals surface area contributed by atoms with E-state index < -0.39 is 0 Å². The lowest BCUT2D eigenvalue weighted by molar-refractivity contribution is 1.39. The lowest BCUT2D eigenvalue weighted by Crippen LogP contribution is -2.08. The van der Waals surface area contributed by atoms with Gasteiger partial charge >= 0.3 is 0 Å². The standard InChI is InChI=1S/C13H13ClN2/c1-10-2-6-12(7-3-10)15-16-13-8-4-11(14)5-9-13/h2-9,15-16H,1H3. The summed E-state index contributed by atoms with van der Waals surface area (Å²) in [6.45, 7) is 2.07. The lowest BCUT2D eigenvalue weighted by Gasteiger charge is -2.09. The Kier molecular flexibility index (Phi) is 3.32. The van der Waals surface area contributed by atoms with E-state index >= 15 is 0 Å². The molecule has 0 aliphatic heterocycles. The first-order valence-corrected chi connectivity index (χ1v) is 5.46. The SMILES string of the molecule is Cc1ccc(NNc2ccc(Cl)cc2)cc1. The Labute approximate surface area is 100 Å². The zero-order chi connectivity index (χ0) is 11.4. The van der Waals surface area contributed by atoms with Gasteiger partial charge in [-0.1, -0.05) is 29.3 Å². The van der Waals surface area contributed by atoms with Crippen LogP contribution in [-0.4, -0.2) is 0 Å². The summed E-state index contributed by atoms with van der Waals surface area (Å²) in [5.41, 5.74) is 9.47. The molecule has 0 fully saturated rings. The zero-order valence-corrected chi connectivity index (χ0v) is 9.75. The van der Waals surface area contributed by atoms with E-state index in [2.05, 4.69) is 29.9 Å². The van der Waals surface area contributed by atoms with Crippen molar-refractivity contribution in [2.24, 2.45) is 0 Å². The van der Waals surface area contributed by atoms with Crippen LogP contribution >= 0.6 is 11.6 Å². The van der Waals surface area contributed by atoms with Gasteiger partial charge in [-0.3, -0.25) is 0 Å². The quantitative estimate of drug-likeness (QED) is 0.779. The van der Waals surface area contributed by atoms with Crippen molar-refractivity contribution in [3.63, 3.8) is 0 Å². The molecule has 2 rings (SSSR count). The predicted octanol–water partition coefficient (Wildman–Crippen LogP) is 4.09. The molecule has 16 heavy (non-hydrogen) atoms. The van der Waals surface area contributed by atoms with Crippen LogP contribution in [-0.2, 0) is 0 Å². The van der Waals surface area contributed by atoms with E-state index in [9.17, 15) is 0 Å². The Morgan fingerprint density at radius 2 is 1.19 bits per heavy atom. The van der Waals surface area contributed by atoms with Crippen molar-refractivity contribution in [2.45, 2.75) is 6.92 Å². The van der Waals surface area contributed by atoms with Crippen molar-refractivity contribution in [2.75, 3.05) is 10.9 Å². The summed E-state index contributed by atoms with van der Waals surface area (Å²) in [4.78, 5) is 0. The highest BCUT2D eigenvalue weighted by molar-refractivity contribution is 6.30. The molecule has 3 heteroatoms. The van der Waals surface area contributed by atoms with Gasteiger partial charge in [0.05, 0.1) is 11.4 Å². The number of aryl methyl sites for hydroxylation is 1. The fraction of sp³-hybridized carbons (Fsp3) is 0.0769. The molecule has 0 aliphatic rings. The van der Waals surface area contributed by atoms with Gasteiger partial charge in [0, 0.05) is 5.02 Å². The van der Waals surface area contributed by atoms with Crippen LogP contribution in [0.1, 0.15) is 5.56 Å². The van der Waals surface area contributed by atoms with Crippen LogP contribution in [0.15, 0.2) is 48.5 Å². The highest BCUT2D eigenvalue weighted by atomic mass is 35.5. The molecule has 0 saturated carbocycles. The number of rotatable bonds is 3. The topological polar surface area (TPSA) is 24.1 Å². The fourth-order valence-electron chi connectivity index (χ4n) is 1.31. The largest absolute Gasteiger partial charge is 0.301 e. The molecule has 0 radical (unpaired) electrons. The number of nitrogens with one attached hydrogen (secondary N) is 2. The molecule has 2 aromatic carbocycles. The molecule has 0 atom stereocenters. The van der Waals surface area contributed by atoms with Crippen molar-refractivity contribution < 1.29 is 0 Å². The van der Waals surface area contributed by atoms with Crippen LogP contribution in [0.25, 0.3) is 0 Å². The third-order valence-electron chi connectivity index (χ3n) is 2.25. The van der Waals surface area contributed by atoms with Crippen molar-refractivity contribution in [1.29, 1.82) is 0 Å². The molecule has 2 nitrogen and oxygen atoms in total. The molecule has 82 valence electrons. The number of benzene rings is 2. The molecule has 2 N–H and O–H groups in total. The average Bonchev–Trinajstić information content (AvgIpc) is 2.30. The smallest absolute Gasteiger partial charge is 0.0540 e. The number of halogens is 1. The van der Waals surface area contributed by atoms with E-state index in [1.54, 1.807) is 0 Å². The normalized spacial score (nSPS) is 9.88. The van der Waals surface area contributed by atoms with Crippen molar-refractivity contribution >= 4 is 23.0 Å². The van der Waals surface area contributed by atoms with E-state index in [1.807, 2.05) is 36.4 Å². The Morgan fingerprint density at radius 3 is 1.69 bits per heavy atom. The first kappa shape index (κ1) is 10.8. The fourth-order valence-corrected chi connectivity index (χ4v) is 1.44. The Bertz CT molecular complexity index is 403. The second kappa shape index (κ2) is 4.90. The minimum Gasteiger partial charge on any atom is -0.301 e. The highest BCUT2D eigenvalue weighted by Crippen LogP contribution is 2.14. The van der Waals surface area contributed by atoms with E-state index in [0.717, 1.165) is 16.4 Å². The van der Waals surface area contributed by atoms with Crippen molar-refractivity contribution in [3.8, 4) is 0 Å². The zero-order valence-electron chi connectivity index (χ0n) is 9.00. The molecule has 0 bridgehead atoms. The molecule has 2 aromatic rings. The highest BCUT2D eigenvalue weighted by Gasteiger charge is 1.92. The Balaban J connectivity index is 1.97. The average molecular weight is 233 g/mol. The maximum Gasteiger partial charge on any atom is 0.0540 e. The maximum absolute atomic E-state index is 5.80. The molecule has 0 unspecified atom stereocenters. The molecule has 0 spiro atoms. The van der Waals surface area contributed by atoms with Crippen LogP contribution in [0.3, 0.4) is 0 Å². The number of anilines is 2. The molecule has 0 heterocycles. The predicted molar refractivity (Wildman–Crippen MR) is 69.9 cm³/mol. The summed E-state index contributed by atoms with van der Waals surface area (Å²) in [6.07, 6.45) is 0. The van der Waals surface area contributed by atoms with Gasteiger partial charge in [0.15, 0.2) is 0 Å². The van der Waals surface area contributed by atoms with Crippen molar-refractivity contribution in [3.05, 3.63) is 59.1 Å². The van der Waals surface area contributed by atoms with Crippen molar-refractivity contribution in [1.82, 2.24) is 0 Å². The van der Waals surface area contributed by atoms with E-state index in [0.29, 0.717) is 0 Å². The van der Waals surface area contributed by atoms with Gasteiger partial charge in [-0.2, -0.15) is 0 Å². The molecule has 0 aliphatic carbocycles. The van der Waals surface area contributed by atoms with Crippen LogP contribution < -0.4 is 10.9 Å². The Morgan fingerprint density at radius 1 is 0.750 bits per heavy atom. The van der Waals surface area contributed by atoms with Crippen LogP contribution in [0, 0.1) is 6.92 Å². The summed E-state index contributed by atoms with van der Waals surface area (Å²) < 4.78 is 0. The van der Waals surface area contributed by atoms with E-state index in [1.165, 1.54) is 5.56 Å². The third kappa shape index (κ3) is 2.91. The summed E-state index contributed by atoms with van der Waals surface area (Å²) in [5, 5.41) is 0.737. The molecular weight excluding hydrogens is 220 g/mol. The van der Waals surface area contributed by atoms with Gasteiger partial charge in [0.25, 0.3) is 0 Å². The third-order valence-corrected chi connectivity index (χ3v) is 2.50. The first-order chi connectivity index (χ1) is 7.74. The van der Waals surface area contributed by atoms with Crippen LogP contribution in [0.5, 0.6) is 0 Å². The first-order valence-electron chi connectivity index (χ1n) is 5.08. The summed E-state index contributed by atoms with van der Waals surface area (Å²) >= 11 is 5.80. The van der Waals surface area contributed by atoms with Gasteiger partial charge in [-0.15, -0.1) is 0 Å². The van der Waals surface area contributed by atoms with Gasteiger partial charge < -0.3 is 10.9 Å². The van der Waals surface area contributed by atoms with E-state index in [-0.39, 0.29) is 0 Å². The summed E-state index contributed by atoms with van der Waals surface area (Å²) in [7, 11) is 0. The molecule has 0 aromatic heterocycles. The summed E-state index contributed by atoms with van der Waals surface area (Å²) in [6, 6.07) is 15.7.